The summed E-state index contributed by atoms with van der Waals surface area (Å²) in [5.41, 5.74) is 0. The number of carbonyl (C=O) groups is 2. The first-order chi connectivity index (χ1) is 8.09. The van der Waals surface area contributed by atoms with Gasteiger partial charge in [0.1, 0.15) is 0 Å². The van der Waals surface area contributed by atoms with Crippen molar-refractivity contribution in [3.63, 3.8) is 0 Å². The van der Waals surface area contributed by atoms with Crippen molar-refractivity contribution in [3.8, 4) is 0 Å². The fourth-order valence-corrected chi connectivity index (χ4v) is 1.94. The van der Waals surface area contributed by atoms with Crippen LogP contribution in [0.25, 0.3) is 0 Å². The Hall–Kier alpha value is -1.10. The molecule has 0 aromatic carbocycles. The maximum Gasteiger partial charge on any atom is 0.305 e. The molecule has 0 bridgehead atoms. The second kappa shape index (κ2) is 7.27. The molecule has 0 unspecified atom stereocenters. The van der Waals surface area contributed by atoms with Crippen LogP contribution in [-0.2, 0) is 14.3 Å². The summed E-state index contributed by atoms with van der Waals surface area (Å²) in [4.78, 5) is 23.6. The van der Waals surface area contributed by atoms with Gasteiger partial charge in [0.25, 0.3) is 0 Å². The first-order valence-electron chi connectivity index (χ1n) is 6.13. The van der Waals surface area contributed by atoms with Crippen LogP contribution in [0.1, 0.15) is 32.1 Å². The Morgan fingerprint density at radius 3 is 2.53 bits per heavy atom. The van der Waals surface area contributed by atoms with Crippen molar-refractivity contribution in [1.29, 1.82) is 0 Å². The van der Waals surface area contributed by atoms with Gasteiger partial charge >= 0.3 is 5.97 Å². The lowest BCUT2D eigenvalue weighted by Crippen LogP contribution is -2.29. The molecule has 5 heteroatoms. The Bertz CT molecular complexity index is 261. The van der Waals surface area contributed by atoms with E-state index in [9.17, 15) is 9.59 Å². The van der Waals surface area contributed by atoms with Gasteiger partial charge in [-0.05, 0) is 25.2 Å². The molecule has 5 nitrogen and oxygen atoms in total. The normalized spacial score (nSPS) is 16.8. The number of aliphatic carboxylic acids is 1. The fraction of sp³-hybridized carbons (Fsp3) is 0.833. The molecule has 1 rings (SSSR count). The predicted octanol–water partition coefficient (Wildman–Crippen LogP) is 1.13. The van der Waals surface area contributed by atoms with Crippen LogP contribution >= 0.6 is 0 Å². The molecule has 98 valence electrons. The number of nitrogens with zero attached hydrogens (tertiary/aromatic N) is 1. The number of hydrogen-bond donors (Lipinski definition) is 1. The first kappa shape index (κ1) is 14.0. The van der Waals surface area contributed by atoms with Crippen molar-refractivity contribution >= 4 is 11.9 Å². The van der Waals surface area contributed by atoms with E-state index in [1.807, 2.05) is 0 Å². The molecule has 0 aliphatic carbocycles. The zero-order valence-electron chi connectivity index (χ0n) is 10.4. The molecule has 0 aromatic heterocycles. The highest BCUT2D eigenvalue weighted by Crippen LogP contribution is 2.20. The van der Waals surface area contributed by atoms with Gasteiger partial charge in [-0.25, -0.2) is 0 Å². The van der Waals surface area contributed by atoms with Crippen molar-refractivity contribution in [2.45, 2.75) is 32.1 Å². The van der Waals surface area contributed by atoms with E-state index in [1.54, 1.807) is 7.05 Å². The summed E-state index contributed by atoms with van der Waals surface area (Å²) in [5.74, 6) is -0.243. The summed E-state index contributed by atoms with van der Waals surface area (Å²) in [6, 6.07) is 0. The topological polar surface area (TPSA) is 66.8 Å². The second-order valence-corrected chi connectivity index (χ2v) is 4.55. The first-order valence-corrected chi connectivity index (χ1v) is 6.13. The highest BCUT2D eigenvalue weighted by Gasteiger charge is 2.17. The SMILES string of the molecule is CN(CCC(=O)O)C(=O)CCC1CCOCC1. The summed E-state index contributed by atoms with van der Waals surface area (Å²) in [5, 5.41) is 8.53. The van der Waals surface area contributed by atoms with Crippen LogP contribution in [0.2, 0.25) is 0 Å². The lowest BCUT2D eigenvalue weighted by molar-refractivity contribution is -0.138. The highest BCUT2D eigenvalue weighted by molar-refractivity contribution is 5.76. The van der Waals surface area contributed by atoms with E-state index in [2.05, 4.69) is 0 Å². The summed E-state index contributed by atoms with van der Waals surface area (Å²) in [7, 11) is 1.66. The molecular weight excluding hydrogens is 222 g/mol. The van der Waals surface area contributed by atoms with Gasteiger partial charge in [-0.15, -0.1) is 0 Å². The zero-order valence-corrected chi connectivity index (χ0v) is 10.4. The van der Waals surface area contributed by atoms with Crippen molar-refractivity contribution in [1.82, 2.24) is 4.90 Å². The van der Waals surface area contributed by atoms with Gasteiger partial charge in [0.15, 0.2) is 0 Å². The number of carboxylic acids is 1. The number of hydrogen-bond acceptors (Lipinski definition) is 3. The van der Waals surface area contributed by atoms with Gasteiger partial charge in [0.05, 0.1) is 6.42 Å². The van der Waals surface area contributed by atoms with Crippen LogP contribution < -0.4 is 0 Å². The Morgan fingerprint density at radius 1 is 1.29 bits per heavy atom. The van der Waals surface area contributed by atoms with Gasteiger partial charge in [-0.2, -0.15) is 0 Å². The number of carbonyl (C=O) groups excluding carboxylic acids is 1. The van der Waals surface area contributed by atoms with E-state index in [-0.39, 0.29) is 12.3 Å². The van der Waals surface area contributed by atoms with E-state index in [0.717, 1.165) is 32.5 Å². The monoisotopic (exact) mass is 243 g/mol. The van der Waals surface area contributed by atoms with E-state index in [0.29, 0.717) is 18.9 Å². The van der Waals surface area contributed by atoms with Crippen molar-refractivity contribution in [2.75, 3.05) is 26.8 Å². The molecule has 1 fully saturated rings. The molecule has 1 heterocycles. The lowest BCUT2D eigenvalue weighted by Gasteiger charge is -2.23. The third kappa shape index (κ3) is 5.68. The van der Waals surface area contributed by atoms with Crippen LogP contribution in [-0.4, -0.2) is 48.7 Å². The van der Waals surface area contributed by atoms with Crippen LogP contribution in [0, 0.1) is 5.92 Å². The molecule has 1 aliphatic rings. The molecule has 0 radical (unpaired) electrons. The lowest BCUT2D eigenvalue weighted by atomic mass is 9.95. The highest BCUT2D eigenvalue weighted by atomic mass is 16.5. The Morgan fingerprint density at radius 2 is 1.94 bits per heavy atom. The van der Waals surface area contributed by atoms with Gasteiger partial charge in [0, 0.05) is 33.2 Å². The smallest absolute Gasteiger partial charge is 0.305 e. The van der Waals surface area contributed by atoms with Crippen LogP contribution in [0.4, 0.5) is 0 Å². The molecule has 0 atom stereocenters. The minimum absolute atomic E-state index is 0.0134. The molecule has 0 saturated carbocycles. The van der Waals surface area contributed by atoms with Crippen LogP contribution in [0.5, 0.6) is 0 Å². The van der Waals surface area contributed by atoms with Gasteiger partial charge in [-0.1, -0.05) is 0 Å². The van der Waals surface area contributed by atoms with Crippen molar-refractivity contribution in [2.24, 2.45) is 5.92 Å². The molecule has 0 aromatic rings. The fourth-order valence-electron chi connectivity index (χ4n) is 1.94. The van der Waals surface area contributed by atoms with Crippen LogP contribution in [0.15, 0.2) is 0 Å². The molecule has 0 spiro atoms. The quantitative estimate of drug-likeness (QED) is 0.759. The average molecular weight is 243 g/mol. The Labute approximate surface area is 102 Å². The van der Waals surface area contributed by atoms with Gasteiger partial charge in [0.2, 0.25) is 5.91 Å². The van der Waals surface area contributed by atoms with E-state index in [4.69, 9.17) is 9.84 Å². The molecule has 17 heavy (non-hydrogen) atoms. The molecule has 1 saturated heterocycles. The molecule has 1 aliphatic heterocycles. The largest absolute Gasteiger partial charge is 0.481 e. The van der Waals surface area contributed by atoms with Crippen LogP contribution in [0.3, 0.4) is 0 Å². The summed E-state index contributed by atoms with van der Waals surface area (Å²) in [6.45, 7) is 1.89. The summed E-state index contributed by atoms with van der Waals surface area (Å²) in [6.07, 6.45) is 3.48. The van der Waals surface area contributed by atoms with E-state index >= 15 is 0 Å². The van der Waals surface area contributed by atoms with Crippen molar-refractivity contribution < 1.29 is 19.4 Å². The Balaban J connectivity index is 2.16. The third-order valence-electron chi connectivity index (χ3n) is 3.19. The number of rotatable bonds is 6. The third-order valence-corrected chi connectivity index (χ3v) is 3.19. The number of amides is 1. The minimum Gasteiger partial charge on any atom is -0.481 e. The standard InChI is InChI=1S/C12H21NO4/c1-13(7-4-12(15)16)11(14)3-2-10-5-8-17-9-6-10/h10H,2-9H2,1H3,(H,15,16). The predicted molar refractivity (Wildman–Crippen MR) is 62.7 cm³/mol. The molecular formula is C12H21NO4. The number of carboxylic acid groups (broad SMARTS) is 1. The maximum absolute atomic E-state index is 11.7. The minimum atomic E-state index is -0.867. The van der Waals surface area contributed by atoms with E-state index < -0.39 is 5.97 Å². The van der Waals surface area contributed by atoms with Crippen molar-refractivity contribution in [3.05, 3.63) is 0 Å². The average Bonchev–Trinajstić information content (AvgIpc) is 2.34. The van der Waals surface area contributed by atoms with Gasteiger partial charge in [-0.3, -0.25) is 9.59 Å². The maximum atomic E-state index is 11.7. The Kier molecular flexibility index (Phi) is 5.97. The summed E-state index contributed by atoms with van der Waals surface area (Å²) >= 11 is 0. The molecule has 1 N–H and O–H groups in total. The molecule has 1 amide bonds. The summed E-state index contributed by atoms with van der Waals surface area (Å²) < 4.78 is 5.26. The zero-order chi connectivity index (χ0) is 12.7. The van der Waals surface area contributed by atoms with E-state index in [1.165, 1.54) is 4.90 Å². The second-order valence-electron chi connectivity index (χ2n) is 4.55. The van der Waals surface area contributed by atoms with Gasteiger partial charge < -0.3 is 14.7 Å². The number of ether oxygens (including phenoxy) is 1.